The molecule has 3 nitrogen and oxygen atoms in total. The second-order valence-electron chi connectivity index (χ2n) is 4.80. The summed E-state index contributed by atoms with van der Waals surface area (Å²) in [5.74, 6) is 0.654. The van der Waals surface area contributed by atoms with E-state index in [2.05, 4.69) is 5.32 Å². The van der Waals surface area contributed by atoms with E-state index in [0.29, 0.717) is 6.54 Å². The first kappa shape index (κ1) is 14.0. The van der Waals surface area contributed by atoms with Crippen LogP contribution in [0.1, 0.15) is 19.4 Å². The number of aryl methyl sites for hydroxylation is 1. The third kappa shape index (κ3) is 5.73. The van der Waals surface area contributed by atoms with E-state index in [9.17, 15) is 8.42 Å². The third-order valence-electron chi connectivity index (χ3n) is 2.38. The topological polar surface area (TPSA) is 46.2 Å². The van der Waals surface area contributed by atoms with Crippen molar-refractivity contribution in [3.05, 3.63) is 29.8 Å². The number of sulfone groups is 1. The Kier molecular flexibility index (Phi) is 5.00. The Morgan fingerprint density at radius 3 is 2.29 bits per heavy atom. The fraction of sp³-hybridized carbons (Fsp3) is 0.538. The van der Waals surface area contributed by atoms with Crippen LogP contribution in [0.5, 0.6) is 0 Å². The average Bonchev–Trinajstić information content (AvgIpc) is 2.18. The molecule has 0 saturated carbocycles. The molecule has 1 N–H and O–H groups in total. The second-order valence-corrected chi connectivity index (χ2v) is 7.03. The molecule has 0 heterocycles. The van der Waals surface area contributed by atoms with Crippen molar-refractivity contribution in [2.45, 2.75) is 20.8 Å². The van der Waals surface area contributed by atoms with Crippen molar-refractivity contribution in [1.82, 2.24) is 0 Å². The lowest BCUT2D eigenvalue weighted by Crippen LogP contribution is -2.20. The zero-order valence-electron chi connectivity index (χ0n) is 10.7. The summed E-state index contributed by atoms with van der Waals surface area (Å²) in [5, 5.41) is 3.12. The van der Waals surface area contributed by atoms with Crippen molar-refractivity contribution in [2.75, 3.05) is 23.4 Å². The number of hydrogen-bond donors (Lipinski definition) is 1. The highest BCUT2D eigenvalue weighted by atomic mass is 32.2. The molecular formula is C13H21NO2S. The molecule has 96 valence electrons. The summed E-state index contributed by atoms with van der Waals surface area (Å²) in [5.41, 5.74) is 2.17. The van der Waals surface area contributed by atoms with E-state index >= 15 is 0 Å². The van der Waals surface area contributed by atoms with Crippen LogP contribution >= 0.6 is 0 Å². The largest absolute Gasteiger partial charge is 0.384 e. The molecule has 0 fully saturated rings. The molecule has 0 aromatic heterocycles. The first-order chi connectivity index (χ1) is 7.89. The Balaban J connectivity index is 2.40. The van der Waals surface area contributed by atoms with Crippen LogP contribution in [0.15, 0.2) is 24.3 Å². The van der Waals surface area contributed by atoms with Crippen LogP contribution in [0.4, 0.5) is 5.69 Å². The standard InChI is InChI=1S/C13H21NO2S/c1-11(2)10-17(15,16)9-8-14-13-6-4-12(3)5-7-13/h4-7,11,14H,8-10H2,1-3H3. The summed E-state index contributed by atoms with van der Waals surface area (Å²) >= 11 is 0. The van der Waals surface area contributed by atoms with Gasteiger partial charge in [0.1, 0.15) is 0 Å². The molecule has 0 bridgehead atoms. The SMILES string of the molecule is Cc1ccc(NCCS(=O)(=O)CC(C)C)cc1. The van der Waals surface area contributed by atoms with E-state index in [0.717, 1.165) is 5.69 Å². The van der Waals surface area contributed by atoms with Crippen LogP contribution in [0.3, 0.4) is 0 Å². The molecule has 1 rings (SSSR count). The van der Waals surface area contributed by atoms with Crippen LogP contribution in [0, 0.1) is 12.8 Å². The Hall–Kier alpha value is -1.03. The van der Waals surface area contributed by atoms with Gasteiger partial charge in [-0.2, -0.15) is 0 Å². The smallest absolute Gasteiger partial charge is 0.152 e. The minimum absolute atomic E-state index is 0.194. The van der Waals surface area contributed by atoms with Gasteiger partial charge in [-0.15, -0.1) is 0 Å². The van der Waals surface area contributed by atoms with Gasteiger partial charge in [-0.1, -0.05) is 31.5 Å². The molecule has 0 spiro atoms. The molecule has 0 radical (unpaired) electrons. The maximum atomic E-state index is 11.6. The Morgan fingerprint density at radius 1 is 1.18 bits per heavy atom. The zero-order chi connectivity index (χ0) is 12.9. The summed E-state index contributed by atoms with van der Waals surface area (Å²) in [7, 11) is -2.92. The monoisotopic (exact) mass is 255 g/mol. The normalized spacial score (nSPS) is 11.8. The highest BCUT2D eigenvalue weighted by Gasteiger charge is 2.12. The van der Waals surface area contributed by atoms with E-state index in [4.69, 9.17) is 0 Å². The molecule has 0 aliphatic heterocycles. The van der Waals surface area contributed by atoms with Crippen LogP contribution < -0.4 is 5.32 Å². The number of benzene rings is 1. The van der Waals surface area contributed by atoms with E-state index in [1.165, 1.54) is 5.56 Å². The lowest BCUT2D eigenvalue weighted by atomic mass is 10.2. The minimum atomic E-state index is -2.92. The lowest BCUT2D eigenvalue weighted by molar-refractivity contribution is 0.583. The maximum absolute atomic E-state index is 11.6. The first-order valence-corrected chi connectivity index (χ1v) is 7.72. The van der Waals surface area contributed by atoms with Gasteiger partial charge >= 0.3 is 0 Å². The van der Waals surface area contributed by atoms with Gasteiger partial charge in [0, 0.05) is 12.2 Å². The molecule has 0 amide bonds. The Bertz CT molecular complexity index is 435. The first-order valence-electron chi connectivity index (χ1n) is 5.90. The van der Waals surface area contributed by atoms with E-state index in [1.807, 2.05) is 45.0 Å². The highest BCUT2D eigenvalue weighted by Crippen LogP contribution is 2.08. The van der Waals surface area contributed by atoms with Gasteiger partial charge in [0.2, 0.25) is 0 Å². The predicted octanol–water partition coefficient (Wildman–Crippen LogP) is 2.48. The van der Waals surface area contributed by atoms with E-state index in [1.54, 1.807) is 0 Å². The summed E-state index contributed by atoms with van der Waals surface area (Å²) in [6.07, 6.45) is 0. The number of rotatable bonds is 6. The average molecular weight is 255 g/mol. The quantitative estimate of drug-likeness (QED) is 0.849. The summed E-state index contributed by atoms with van der Waals surface area (Å²) < 4.78 is 23.3. The van der Waals surface area contributed by atoms with Gasteiger partial charge < -0.3 is 5.32 Å². The molecule has 17 heavy (non-hydrogen) atoms. The predicted molar refractivity (Wildman–Crippen MR) is 73.2 cm³/mol. The number of hydrogen-bond acceptors (Lipinski definition) is 3. The summed E-state index contributed by atoms with van der Waals surface area (Å²) in [6.45, 7) is 6.34. The Labute approximate surface area is 104 Å². The number of nitrogens with one attached hydrogen (secondary N) is 1. The molecular weight excluding hydrogens is 234 g/mol. The Morgan fingerprint density at radius 2 is 1.76 bits per heavy atom. The lowest BCUT2D eigenvalue weighted by Gasteiger charge is -2.09. The second kappa shape index (κ2) is 6.05. The van der Waals surface area contributed by atoms with Gasteiger partial charge in [0.15, 0.2) is 9.84 Å². The summed E-state index contributed by atoms with van der Waals surface area (Å²) in [6, 6.07) is 7.94. The van der Waals surface area contributed by atoms with Crippen molar-refractivity contribution in [3.63, 3.8) is 0 Å². The van der Waals surface area contributed by atoms with E-state index in [-0.39, 0.29) is 17.4 Å². The van der Waals surface area contributed by atoms with Crippen LogP contribution in [-0.4, -0.2) is 26.5 Å². The van der Waals surface area contributed by atoms with Gasteiger partial charge in [0.25, 0.3) is 0 Å². The molecule has 4 heteroatoms. The van der Waals surface area contributed by atoms with Crippen LogP contribution in [0.25, 0.3) is 0 Å². The molecule has 0 atom stereocenters. The van der Waals surface area contributed by atoms with Gasteiger partial charge in [-0.05, 0) is 25.0 Å². The van der Waals surface area contributed by atoms with Crippen molar-refractivity contribution in [2.24, 2.45) is 5.92 Å². The van der Waals surface area contributed by atoms with E-state index < -0.39 is 9.84 Å². The molecule has 0 aliphatic rings. The van der Waals surface area contributed by atoms with Crippen molar-refractivity contribution >= 4 is 15.5 Å². The molecule has 1 aromatic rings. The highest BCUT2D eigenvalue weighted by molar-refractivity contribution is 7.91. The maximum Gasteiger partial charge on any atom is 0.152 e. The number of anilines is 1. The van der Waals surface area contributed by atoms with Gasteiger partial charge in [0.05, 0.1) is 11.5 Å². The molecule has 0 saturated heterocycles. The molecule has 0 unspecified atom stereocenters. The summed E-state index contributed by atoms with van der Waals surface area (Å²) in [4.78, 5) is 0. The van der Waals surface area contributed by atoms with Crippen LogP contribution in [0.2, 0.25) is 0 Å². The van der Waals surface area contributed by atoms with Crippen molar-refractivity contribution in [1.29, 1.82) is 0 Å². The molecule has 1 aromatic carbocycles. The van der Waals surface area contributed by atoms with Gasteiger partial charge in [-0.3, -0.25) is 0 Å². The zero-order valence-corrected chi connectivity index (χ0v) is 11.5. The van der Waals surface area contributed by atoms with Gasteiger partial charge in [-0.25, -0.2) is 8.42 Å². The van der Waals surface area contributed by atoms with Crippen molar-refractivity contribution < 1.29 is 8.42 Å². The fourth-order valence-electron chi connectivity index (χ4n) is 1.61. The van der Waals surface area contributed by atoms with Crippen LogP contribution in [-0.2, 0) is 9.84 Å². The van der Waals surface area contributed by atoms with Crippen molar-refractivity contribution in [3.8, 4) is 0 Å². The molecule has 0 aliphatic carbocycles. The minimum Gasteiger partial charge on any atom is -0.384 e. The third-order valence-corrected chi connectivity index (χ3v) is 4.38. The fourth-order valence-corrected chi connectivity index (χ4v) is 3.21.